The molecule has 0 unspecified atom stereocenters. The van der Waals surface area contributed by atoms with Crippen LogP contribution < -0.4 is 10.6 Å². The molecule has 5 nitrogen and oxygen atoms in total. The number of halogens is 1. The van der Waals surface area contributed by atoms with Gasteiger partial charge in [0, 0.05) is 29.1 Å². The van der Waals surface area contributed by atoms with E-state index in [0.717, 1.165) is 21.3 Å². The quantitative estimate of drug-likeness (QED) is 0.669. The molecule has 2 aromatic carbocycles. The third kappa shape index (κ3) is 4.64. The highest BCUT2D eigenvalue weighted by atomic mass is 79.9. The van der Waals surface area contributed by atoms with E-state index in [1.165, 1.54) is 12.4 Å². The van der Waals surface area contributed by atoms with Crippen molar-refractivity contribution in [3.63, 3.8) is 0 Å². The van der Waals surface area contributed by atoms with E-state index in [-0.39, 0.29) is 5.91 Å². The molecule has 0 aliphatic heterocycles. The highest BCUT2D eigenvalue weighted by molar-refractivity contribution is 9.10. The second-order valence-corrected chi connectivity index (χ2v) is 6.41. The molecule has 1 aromatic heterocycles. The van der Waals surface area contributed by atoms with Crippen molar-refractivity contribution in [1.82, 2.24) is 9.97 Å². The number of nitrogens with zero attached hydrogens (tertiary/aromatic N) is 2. The van der Waals surface area contributed by atoms with Gasteiger partial charge in [-0.15, -0.1) is 0 Å². The largest absolute Gasteiger partial charge is 0.350 e. The normalized spacial score (nSPS) is 10.3. The molecule has 3 aromatic rings. The Hall–Kier alpha value is -2.73. The summed E-state index contributed by atoms with van der Waals surface area (Å²) in [4.78, 5) is 20.7. The average molecular weight is 397 g/mol. The van der Waals surface area contributed by atoms with Crippen LogP contribution in [-0.2, 0) is 6.54 Å². The van der Waals surface area contributed by atoms with Crippen molar-refractivity contribution in [3.8, 4) is 0 Å². The van der Waals surface area contributed by atoms with E-state index >= 15 is 0 Å². The average Bonchev–Trinajstić information content (AvgIpc) is 2.64. The summed E-state index contributed by atoms with van der Waals surface area (Å²) >= 11 is 3.44. The fraction of sp³-hybridized carbons (Fsp3) is 0.105. The summed E-state index contributed by atoms with van der Waals surface area (Å²) in [6.45, 7) is 2.60. The van der Waals surface area contributed by atoms with Gasteiger partial charge >= 0.3 is 0 Å². The Morgan fingerprint density at radius 2 is 1.80 bits per heavy atom. The molecule has 6 heteroatoms. The van der Waals surface area contributed by atoms with E-state index in [4.69, 9.17) is 0 Å². The third-order valence-corrected chi connectivity index (χ3v) is 4.51. The molecule has 0 radical (unpaired) electrons. The van der Waals surface area contributed by atoms with Crippen molar-refractivity contribution in [2.75, 3.05) is 10.6 Å². The van der Waals surface area contributed by atoms with Crippen LogP contribution in [-0.4, -0.2) is 15.9 Å². The van der Waals surface area contributed by atoms with Crippen LogP contribution in [0.5, 0.6) is 0 Å². The van der Waals surface area contributed by atoms with Crippen molar-refractivity contribution in [3.05, 3.63) is 82.1 Å². The van der Waals surface area contributed by atoms with Crippen LogP contribution in [0, 0.1) is 6.92 Å². The lowest BCUT2D eigenvalue weighted by Crippen LogP contribution is -2.13. The molecule has 0 fully saturated rings. The molecular weight excluding hydrogens is 380 g/mol. The smallest absolute Gasteiger partial charge is 0.258 e. The summed E-state index contributed by atoms with van der Waals surface area (Å²) in [5.74, 6) is 0.247. The van der Waals surface area contributed by atoms with E-state index in [2.05, 4.69) is 36.5 Å². The Bertz CT molecular complexity index is 866. The minimum Gasteiger partial charge on any atom is -0.350 e. The maximum absolute atomic E-state index is 12.3. The number of aromatic nitrogens is 2. The van der Waals surface area contributed by atoms with Crippen molar-refractivity contribution >= 4 is 33.5 Å². The molecule has 25 heavy (non-hydrogen) atoms. The fourth-order valence-corrected chi connectivity index (χ4v) is 2.49. The van der Waals surface area contributed by atoms with E-state index in [0.29, 0.717) is 18.1 Å². The zero-order chi connectivity index (χ0) is 17.6. The van der Waals surface area contributed by atoms with Crippen molar-refractivity contribution < 1.29 is 4.79 Å². The number of carbonyl (C=O) groups excluding carboxylic acids is 1. The number of anilines is 2. The van der Waals surface area contributed by atoms with Crippen LogP contribution >= 0.6 is 15.9 Å². The maximum Gasteiger partial charge on any atom is 0.258 e. The molecule has 1 amide bonds. The SMILES string of the molecule is Cc1cc(NC(=O)c2cnc(NCc3ccccc3)nc2)ccc1Br. The number of nitrogens with one attached hydrogen (secondary N) is 2. The number of aryl methyl sites for hydroxylation is 1. The van der Waals surface area contributed by atoms with Gasteiger partial charge in [-0.3, -0.25) is 4.79 Å². The Kier molecular flexibility index (Phi) is 5.40. The first-order chi connectivity index (χ1) is 12.1. The Morgan fingerprint density at radius 1 is 1.08 bits per heavy atom. The Labute approximate surface area is 154 Å². The molecule has 0 atom stereocenters. The lowest BCUT2D eigenvalue weighted by atomic mass is 10.2. The molecule has 2 N–H and O–H groups in total. The number of rotatable bonds is 5. The van der Waals surface area contributed by atoms with Crippen LogP contribution in [0.2, 0.25) is 0 Å². The Morgan fingerprint density at radius 3 is 2.48 bits per heavy atom. The van der Waals surface area contributed by atoms with E-state index in [9.17, 15) is 4.79 Å². The number of carbonyl (C=O) groups is 1. The number of benzene rings is 2. The van der Waals surface area contributed by atoms with E-state index in [1.807, 2.05) is 55.5 Å². The lowest BCUT2D eigenvalue weighted by molar-refractivity contribution is 0.102. The monoisotopic (exact) mass is 396 g/mol. The fourth-order valence-electron chi connectivity index (χ4n) is 2.24. The minimum absolute atomic E-state index is 0.240. The van der Waals surface area contributed by atoms with Gasteiger partial charge in [0.05, 0.1) is 5.56 Å². The van der Waals surface area contributed by atoms with Crippen molar-refractivity contribution in [2.45, 2.75) is 13.5 Å². The minimum atomic E-state index is -0.240. The van der Waals surface area contributed by atoms with Gasteiger partial charge in [-0.1, -0.05) is 46.3 Å². The molecule has 126 valence electrons. The van der Waals surface area contributed by atoms with Crippen molar-refractivity contribution in [2.24, 2.45) is 0 Å². The van der Waals surface area contributed by atoms with Gasteiger partial charge in [-0.05, 0) is 36.2 Å². The van der Waals surface area contributed by atoms with Crippen LogP contribution in [0.15, 0.2) is 65.4 Å². The molecular formula is C19H17BrN4O. The summed E-state index contributed by atoms with van der Waals surface area (Å²) in [5.41, 5.74) is 3.33. The topological polar surface area (TPSA) is 66.9 Å². The molecule has 1 heterocycles. The number of hydrogen-bond donors (Lipinski definition) is 2. The number of hydrogen-bond acceptors (Lipinski definition) is 4. The molecule has 0 saturated carbocycles. The zero-order valence-electron chi connectivity index (χ0n) is 13.7. The van der Waals surface area contributed by atoms with Gasteiger partial charge in [0.25, 0.3) is 5.91 Å². The molecule has 0 spiro atoms. The molecule has 3 rings (SSSR count). The Balaban J connectivity index is 1.61. The highest BCUT2D eigenvalue weighted by Gasteiger charge is 2.08. The predicted octanol–water partition coefficient (Wildman–Crippen LogP) is 4.41. The van der Waals surface area contributed by atoms with Gasteiger partial charge in [0.2, 0.25) is 5.95 Å². The molecule has 0 saturated heterocycles. The first kappa shape index (κ1) is 17.1. The second kappa shape index (κ2) is 7.90. The standard InChI is InChI=1S/C19H17BrN4O/c1-13-9-16(7-8-17(13)20)24-18(25)15-11-22-19(23-12-15)21-10-14-5-3-2-4-6-14/h2-9,11-12H,10H2,1H3,(H,24,25)(H,21,22,23). The highest BCUT2D eigenvalue weighted by Crippen LogP contribution is 2.20. The molecule has 0 aliphatic rings. The van der Waals surface area contributed by atoms with Crippen LogP contribution in [0.25, 0.3) is 0 Å². The van der Waals surface area contributed by atoms with Crippen molar-refractivity contribution in [1.29, 1.82) is 0 Å². The van der Waals surface area contributed by atoms with E-state index in [1.54, 1.807) is 0 Å². The summed E-state index contributed by atoms with van der Waals surface area (Å²) < 4.78 is 1.00. The van der Waals surface area contributed by atoms with Gasteiger partial charge in [-0.25, -0.2) is 9.97 Å². The first-order valence-electron chi connectivity index (χ1n) is 7.79. The predicted molar refractivity (Wildman–Crippen MR) is 103 cm³/mol. The number of amides is 1. The maximum atomic E-state index is 12.3. The second-order valence-electron chi connectivity index (χ2n) is 5.55. The molecule has 0 bridgehead atoms. The van der Waals surface area contributed by atoms with Gasteiger partial charge < -0.3 is 10.6 Å². The van der Waals surface area contributed by atoms with Gasteiger partial charge in [0.15, 0.2) is 0 Å². The summed E-state index contributed by atoms with van der Waals surface area (Å²) in [5, 5.41) is 5.97. The summed E-state index contributed by atoms with van der Waals surface area (Å²) in [6, 6.07) is 15.6. The van der Waals surface area contributed by atoms with Gasteiger partial charge in [-0.2, -0.15) is 0 Å². The summed E-state index contributed by atoms with van der Waals surface area (Å²) in [6.07, 6.45) is 3.03. The first-order valence-corrected chi connectivity index (χ1v) is 8.58. The molecule has 0 aliphatic carbocycles. The van der Waals surface area contributed by atoms with Crippen LogP contribution in [0.3, 0.4) is 0 Å². The van der Waals surface area contributed by atoms with Crippen LogP contribution in [0.1, 0.15) is 21.5 Å². The third-order valence-electron chi connectivity index (χ3n) is 3.62. The lowest BCUT2D eigenvalue weighted by Gasteiger charge is -2.08. The van der Waals surface area contributed by atoms with E-state index < -0.39 is 0 Å². The van der Waals surface area contributed by atoms with Crippen LogP contribution in [0.4, 0.5) is 11.6 Å². The zero-order valence-corrected chi connectivity index (χ0v) is 15.2. The summed E-state index contributed by atoms with van der Waals surface area (Å²) in [7, 11) is 0. The van der Waals surface area contributed by atoms with Gasteiger partial charge in [0.1, 0.15) is 0 Å².